The Morgan fingerprint density at radius 3 is 2.02 bits per heavy atom. The molecule has 240 valence electrons. The zero-order valence-electron chi connectivity index (χ0n) is 25.2. The maximum Gasteiger partial charge on any atom is 0.353 e. The van der Waals surface area contributed by atoms with Gasteiger partial charge in [0.1, 0.15) is 28.7 Å². The average molecular weight is 675 g/mol. The fourth-order valence-corrected chi connectivity index (χ4v) is 6.21. The first-order valence-electron chi connectivity index (χ1n) is 14.1. The number of para-hydroxylation sites is 2. The highest BCUT2D eigenvalue weighted by Gasteiger charge is 2.28. The summed E-state index contributed by atoms with van der Waals surface area (Å²) < 4.78 is 34.2. The van der Waals surface area contributed by atoms with E-state index in [1.54, 1.807) is 45.6 Å². The minimum absolute atomic E-state index is 0. The summed E-state index contributed by atoms with van der Waals surface area (Å²) in [4.78, 5) is 30.1. The van der Waals surface area contributed by atoms with Gasteiger partial charge in [-0.05, 0) is 35.0 Å². The number of carbonyl (C=O) groups excluding carboxylic acids is 2. The number of thiophene rings is 2. The van der Waals surface area contributed by atoms with Gasteiger partial charge in [0.15, 0.2) is 23.4 Å². The summed E-state index contributed by atoms with van der Waals surface area (Å²) in [6.45, 7) is 3.77. The largest absolute Gasteiger partial charge is 1.00 e. The van der Waals surface area contributed by atoms with Crippen LogP contribution in [-0.4, -0.2) is 78.7 Å². The Balaban J connectivity index is 0.00000461. The number of nitrogens with one attached hydrogen (secondary N) is 1. The number of ether oxygens (including phenoxy) is 6. The molecule has 1 unspecified atom stereocenters. The maximum atomic E-state index is 12.9. The number of benzene rings is 2. The molecule has 4 aromatic rings. The Hall–Kier alpha value is -3.97. The summed E-state index contributed by atoms with van der Waals surface area (Å²) >= 11 is 2.69. The first-order valence-corrected chi connectivity index (χ1v) is 15.9. The SMILES string of the molecule is COc1cc(OCC(C[NH+]2CCN(c3ccccc3OC(=O)c3cccs3)CC2)OC(=O)c2cccs2)cc(OC)c1OC.[Cl-]. The van der Waals surface area contributed by atoms with Gasteiger partial charge in [-0.3, -0.25) is 0 Å². The highest BCUT2D eigenvalue weighted by Crippen LogP contribution is 2.40. The van der Waals surface area contributed by atoms with Gasteiger partial charge in [-0.2, -0.15) is 0 Å². The molecule has 1 saturated heterocycles. The van der Waals surface area contributed by atoms with Crippen molar-refractivity contribution >= 4 is 40.3 Å². The summed E-state index contributed by atoms with van der Waals surface area (Å²) in [6, 6.07) is 18.2. The van der Waals surface area contributed by atoms with Gasteiger partial charge < -0.3 is 50.6 Å². The molecule has 5 rings (SSSR count). The molecule has 3 heterocycles. The fourth-order valence-electron chi connectivity index (χ4n) is 5.01. The molecule has 0 amide bonds. The molecule has 10 nitrogen and oxygen atoms in total. The van der Waals surface area contributed by atoms with E-state index in [-0.39, 0.29) is 31.0 Å². The molecule has 0 aliphatic carbocycles. The van der Waals surface area contributed by atoms with Crippen LogP contribution >= 0.6 is 22.7 Å². The molecule has 1 atom stereocenters. The molecular formula is C32H35ClN2O8S2. The van der Waals surface area contributed by atoms with Crippen molar-refractivity contribution in [3.8, 4) is 28.7 Å². The van der Waals surface area contributed by atoms with Crippen molar-refractivity contribution in [1.29, 1.82) is 0 Å². The number of halogens is 1. The van der Waals surface area contributed by atoms with Gasteiger partial charge in [-0.1, -0.05) is 24.3 Å². The number of quaternary nitrogens is 1. The van der Waals surface area contributed by atoms with Crippen LogP contribution in [0, 0.1) is 0 Å². The lowest BCUT2D eigenvalue weighted by Crippen LogP contribution is -3.16. The van der Waals surface area contributed by atoms with Gasteiger partial charge in [-0.25, -0.2) is 9.59 Å². The number of hydrogen-bond donors (Lipinski definition) is 1. The second kappa shape index (κ2) is 16.4. The van der Waals surface area contributed by atoms with Crippen LogP contribution in [0.1, 0.15) is 19.3 Å². The van der Waals surface area contributed by atoms with E-state index in [4.69, 9.17) is 28.4 Å². The topological polar surface area (TPSA) is 97.2 Å². The van der Waals surface area contributed by atoms with Crippen LogP contribution in [0.3, 0.4) is 0 Å². The zero-order chi connectivity index (χ0) is 30.9. The molecule has 2 aromatic carbocycles. The number of piperazine rings is 1. The molecule has 13 heteroatoms. The fraction of sp³-hybridized carbons (Fsp3) is 0.312. The van der Waals surface area contributed by atoms with E-state index < -0.39 is 6.10 Å². The van der Waals surface area contributed by atoms with E-state index in [1.807, 2.05) is 47.2 Å². The lowest BCUT2D eigenvalue weighted by atomic mass is 10.2. The van der Waals surface area contributed by atoms with Crippen molar-refractivity contribution in [2.75, 3.05) is 65.6 Å². The van der Waals surface area contributed by atoms with Crippen LogP contribution < -0.4 is 45.9 Å². The number of carbonyl (C=O) groups is 2. The molecule has 0 bridgehead atoms. The van der Waals surface area contributed by atoms with Crippen LogP contribution in [0.25, 0.3) is 0 Å². The van der Waals surface area contributed by atoms with Gasteiger partial charge in [0.25, 0.3) is 0 Å². The third kappa shape index (κ3) is 8.60. The highest BCUT2D eigenvalue weighted by atomic mass is 35.5. The number of methoxy groups -OCH3 is 3. The summed E-state index contributed by atoms with van der Waals surface area (Å²) in [5.74, 6) is 1.71. The quantitative estimate of drug-likeness (QED) is 0.165. The molecule has 1 aliphatic heterocycles. The smallest absolute Gasteiger partial charge is 0.353 e. The third-order valence-corrected chi connectivity index (χ3v) is 8.89. The minimum atomic E-state index is -0.510. The van der Waals surface area contributed by atoms with Crippen LogP contribution in [0.15, 0.2) is 71.4 Å². The summed E-state index contributed by atoms with van der Waals surface area (Å²) in [5, 5.41) is 3.70. The number of esters is 2. The van der Waals surface area contributed by atoms with Crippen molar-refractivity contribution in [3.05, 3.63) is 81.2 Å². The van der Waals surface area contributed by atoms with Crippen LogP contribution in [-0.2, 0) is 4.74 Å². The van der Waals surface area contributed by atoms with Crippen molar-refractivity contribution in [1.82, 2.24) is 0 Å². The predicted octanol–water partition coefficient (Wildman–Crippen LogP) is 1.07. The molecule has 0 spiro atoms. The number of rotatable bonds is 13. The number of nitrogens with zero attached hydrogens (tertiary/aromatic N) is 1. The molecule has 0 saturated carbocycles. The zero-order valence-corrected chi connectivity index (χ0v) is 27.5. The molecular weight excluding hydrogens is 640 g/mol. The van der Waals surface area contributed by atoms with E-state index in [0.29, 0.717) is 45.0 Å². The van der Waals surface area contributed by atoms with Crippen molar-refractivity contribution in [3.63, 3.8) is 0 Å². The van der Waals surface area contributed by atoms with Gasteiger partial charge in [-0.15, -0.1) is 22.7 Å². The Labute approximate surface area is 276 Å². The molecule has 0 radical (unpaired) electrons. The predicted molar refractivity (Wildman–Crippen MR) is 169 cm³/mol. The van der Waals surface area contributed by atoms with Gasteiger partial charge in [0.2, 0.25) is 5.75 Å². The van der Waals surface area contributed by atoms with E-state index >= 15 is 0 Å². The lowest BCUT2D eigenvalue weighted by Gasteiger charge is -2.35. The average Bonchev–Trinajstić information content (AvgIpc) is 3.79. The highest BCUT2D eigenvalue weighted by molar-refractivity contribution is 7.12. The first-order chi connectivity index (χ1) is 21.5. The van der Waals surface area contributed by atoms with E-state index in [0.717, 1.165) is 31.9 Å². The summed E-state index contributed by atoms with van der Waals surface area (Å²) in [6.07, 6.45) is -0.510. The second-order valence-corrected chi connectivity index (χ2v) is 11.8. The van der Waals surface area contributed by atoms with Gasteiger partial charge in [0.05, 0.1) is 53.2 Å². The third-order valence-electron chi connectivity index (χ3n) is 7.19. The van der Waals surface area contributed by atoms with Crippen molar-refractivity contribution in [2.45, 2.75) is 6.10 Å². The molecule has 1 N–H and O–H groups in total. The molecule has 1 aliphatic rings. The van der Waals surface area contributed by atoms with E-state index in [1.165, 1.54) is 27.6 Å². The molecule has 1 fully saturated rings. The normalized spacial score (nSPS) is 13.7. The Morgan fingerprint density at radius 2 is 1.44 bits per heavy atom. The van der Waals surface area contributed by atoms with Crippen molar-refractivity contribution in [2.24, 2.45) is 0 Å². The van der Waals surface area contributed by atoms with E-state index in [9.17, 15) is 9.59 Å². The monoisotopic (exact) mass is 674 g/mol. The van der Waals surface area contributed by atoms with Crippen molar-refractivity contribution < 1.29 is 55.3 Å². The van der Waals surface area contributed by atoms with Gasteiger partial charge in [0, 0.05) is 12.1 Å². The Morgan fingerprint density at radius 1 is 0.822 bits per heavy atom. The molecule has 45 heavy (non-hydrogen) atoms. The number of anilines is 1. The second-order valence-electron chi connectivity index (χ2n) is 9.95. The molecule has 2 aromatic heterocycles. The maximum absolute atomic E-state index is 12.9. The summed E-state index contributed by atoms with van der Waals surface area (Å²) in [7, 11) is 4.63. The first kappa shape index (κ1) is 33.9. The van der Waals surface area contributed by atoms with E-state index in [2.05, 4.69) is 4.90 Å². The Kier molecular flexibility index (Phi) is 12.3. The minimum Gasteiger partial charge on any atom is -1.00 e. The van der Waals surface area contributed by atoms with Crippen LogP contribution in [0.2, 0.25) is 0 Å². The van der Waals surface area contributed by atoms with Crippen LogP contribution in [0.4, 0.5) is 5.69 Å². The lowest BCUT2D eigenvalue weighted by molar-refractivity contribution is -0.903. The Bertz CT molecular complexity index is 1500. The standard InChI is InChI=1S/C32H34N2O8S2.ClH/c1-37-26-18-22(19-27(38-2)30(26)39-3)40-21-23(41-31(35)28-10-6-16-43-28)20-33-12-14-34(15-13-33)24-8-4-5-9-25(24)42-32(36)29-11-7-17-44-29;/h4-11,16-19,23H,12-15,20-21H2,1-3H3;1H. The number of hydrogen-bond acceptors (Lipinski definition) is 11. The summed E-state index contributed by atoms with van der Waals surface area (Å²) in [5.41, 5.74) is 0.878. The van der Waals surface area contributed by atoms with Gasteiger partial charge >= 0.3 is 11.9 Å². The van der Waals surface area contributed by atoms with Crippen LogP contribution in [0.5, 0.6) is 28.7 Å².